The van der Waals surface area contributed by atoms with Crippen molar-refractivity contribution in [3.05, 3.63) is 54.5 Å². The van der Waals surface area contributed by atoms with Gasteiger partial charge >= 0.3 is 0 Å². The summed E-state index contributed by atoms with van der Waals surface area (Å²) in [6.07, 6.45) is 4.60. The summed E-state index contributed by atoms with van der Waals surface area (Å²) in [5.74, 6) is -2.94. The third kappa shape index (κ3) is 3.38. The summed E-state index contributed by atoms with van der Waals surface area (Å²) >= 11 is 0. The van der Waals surface area contributed by atoms with E-state index in [9.17, 15) is 13.6 Å². The Balaban J connectivity index is 1.47. The van der Waals surface area contributed by atoms with Crippen LogP contribution < -0.4 is 0 Å². The molecule has 0 N–H and O–H groups in total. The van der Waals surface area contributed by atoms with Crippen molar-refractivity contribution in [2.45, 2.75) is 18.8 Å². The van der Waals surface area contributed by atoms with Crippen LogP contribution in [-0.4, -0.2) is 49.6 Å². The van der Waals surface area contributed by atoms with E-state index in [2.05, 4.69) is 15.1 Å². The van der Waals surface area contributed by atoms with Crippen LogP contribution in [0.5, 0.6) is 0 Å². The van der Waals surface area contributed by atoms with Crippen LogP contribution in [0.15, 0.2) is 48.9 Å². The molecule has 8 heteroatoms. The van der Waals surface area contributed by atoms with Crippen LogP contribution in [0.1, 0.15) is 23.2 Å². The van der Waals surface area contributed by atoms with E-state index >= 15 is 0 Å². The lowest BCUT2D eigenvalue weighted by Gasteiger charge is -2.31. The first-order chi connectivity index (χ1) is 14.4. The van der Waals surface area contributed by atoms with E-state index in [1.807, 2.05) is 37.5 Å². The number of alkyl halides is 2. The number of fused-ring (bicyclic) bond motifs is 2. The van der Waals surface area contributed by atoms with Crippen molar-refractivity contribution in [1.82, 2.24) is 24.6 Å². The highest BCUT2D eigenvalue weighted by atomic mass is 19.3. The highest BCUT2D eigenvalue weighted by Gasteiger charge is 2.35. The summed E-state index contributed by atoms with van der Waals surface area (Å²) in [4.78, 5) is 23.1. The van der Waals surface area contributed by atoms with Crippen molar-refractivity contribution >= 4 is 27.8 Å². The molecule has 0 saturated carbocycles. The average Bonchev–Trinajstić information content (AvgIpc) is 3.11. The van der Waals surface area contributed by atoms with Crippen molar-refractivity contribution in [3.63, 3.8) is 0 Å². The number of aryl methyl sites for hydroxylation is 1. The molecule has 0 radical (unpaired) electrons. The molecule has 0 bridgehead atoms. The zero-order chi connectivity index (χ0) is 20.9. The van der Waals surface area contributed by atoms with E-state index in [0.29, 0.717) is 11.2 Å². The van der Waals surface area contributed by atoms with Gasteiger partial charge in [0, 0.05) is 67.9 Å². The smallest absolute Gasteiger partial charge is 0.255 e. The summed E-state index contributed by atoms with van der Waals surface area (Å²) in [7, 11) is 1.85. The first kappa shape index (κ1) is 18.6. The Labute approximate surface area is 171 Å². The maximum absolute atomic E-state index is 13.4. The molecule has 1 aliphatic rings. The number of halogens is 2. The van der Waals surface area contributed by atoms with Gasteiger partial charge in [-0.3, -0.25) is 14.5 Å². The minimum absolute atomic E-state index is 0.0563. The largest absolute Gasteiger partial charge is 0.338 e. The molecule has 3 aromatic heterocycles. The fraction of sp³-hybridized carbons (Fsp3) is 0.273. The third-order valence-electron chi connectivity index (χ3n) is 5.52. The first-order valence-electron chi connectivity index (χ1n) is 9.75. The lowest BCUT2D eigenvalue weighted by molar-refractivity contribution is -0.0494. The second-order valence-electron chi connectivity index (χ2n) is 7.72. The van der Waals surface area contributed by atoms with E-state index in [1.165, 1.54) is 11.1 Å². The van der Waals surface area contributed by atoms with Crippen LogP contribution in [0.3, 0.4) is 0 Å². The molecule has 6 nitrogen and oxygen atoms in total. The predicted octanol–water partition coefficient (Wildman–Crippen LogP) is 4.05. The van der Waals surface area contributed by atoms with Crippen molar-refractivity contribution in [2.75, 3.05) is 13.1 Å². The van der Waals surface area contributed by atoms with Crippen LogP contribution in [0.4, 0.5) is 8.78 Å². The number of piperidine rings is 1. The lowest BCUT2D eigenvalue weighted by atomic mass is 10.0. The number of aromatic nitrogens is 4. The van der Waals surface area contributed by atoms with Crippen LogP contribution in [0.2, 0.25) is 0 Å². The second kappa shape index (κ2) is 6.83. The van der Waals surface area contributed by atoms with E-state index in [-0.39, 0.29) is 31.8 Å². The molecular weight excluding hydrogens is 388 g/mol. The number of rotatable bonds is 2. The Kier molecular flexibility index (Phi) is 4.23. The summed E-state index contributed by atoms with van der Waals surface area (Å²) < 4.78 is 28.5. The summed E-state index contributed by atoms with van der Waals surface area (Å²) in [6.45, 7) is 0.113. The van der Waals surface area contributed by atoms with Crippen LogP contribution in [0.25, 0.3) is 33.1 Å². The van der Waals surface area contributed by atoms with Crippen molar-refractivity contribution in [3.8, 4) is 11.1 Å². The van der Waals surface area contributed by atoms with Gasteiger partial charge in [-0.25, -0.2) is 13.8 Å². The van der Waals surface area contributed by atoms with Gasteiger partial charge < -0.3 is 4.90 Å². The highest BCUT2D eigenvalue weighted by molar-refractivity contribution is 5.98. The molecule has 1 fully saturated rings. The highest BCUT2D eigenvalue weighted by Crippen LogP contribution is 2.29. The van der Waals surface area contributed by atoms with Gasteiger partial charge in [0.1, 0.15) is 0 Å². The number of pyridine rings is 2. The zero-order valence-electron chi connectivity index (χ0n) is 16.3. The van der Waals surface area contributed by atoms with Gasteiger partial charge in [0.15, 0.2) is 5.65 Å². The van der Waals surface area contributed by atoms with Crippen LogP contribution >= 0.6 is 0 Å². The fourth-order valence-electron chi connectivity index (χ4n) is 3.84. The van der Waals surface area contributed by atoms with Gasteiger partial charge in [-0.05, 0) is 29.8 Å². The van der Waals surface area contributed by atoms with Gasteiger partial charge in [0.05, 0.1) is 11.1 Å². The predicted molar refractivity (Wildman–Crippen MR) is 109 cm³/mol. The minimum atomic E-state index is -2.68. The van der Waals surface area contributed by atoms with Gasteiger partial charge in [-0.1, -0.05) is 6.07 Å². The maximum Gasteiger partial charge on any atom is 0.255 e. The second-order valence-corrected chi connectivity index (χ2v) is 7.72. The van der Waals surface area contributed by atoms with E-state index in [1.54, 1.807) is 16.9 Å². The maximum atomic E-state index is 13.4. The number of likely N-dealkylation sites (tertiary alicyclic amines) is 1. The van der Waals surface area contributed by atoms with Gasteiger partial charge in [0.25, 0.3) is 11.8 Å². The Hall–Kier alpha value is -3.42. The monoisotopic (exact) mass is 407 g/mol. The van der Waals surface area contributed by atoms with Crippen molar-refractivity contribution in [1.29, 1.82) is 0 Å². The molecule has 4 heterocycles. The molecule has 152 valence electrons. The topological polar surface area (TPSA) is 63.9 Å². The fourth-order valence-corrected chi connectivity index (χ4v) is 3.84. The molecule has 1 amide bonds. The normalized spacial score (nSPS) is 16.3. The molecule has 0 unspecified atom stereocenters. The molecule has 4 aromatic rings. The Morgan fingerprint density at radius 2 is 1.77 bits per heavy atom. The van der Waals surface area contributed by atoms with E-state index < -0.39 is 5.92 Å². The SMILES string of the molecule is Cn1cc2cc(-c3ccc4ncc(C(=O)N5CCC(F)(F)CC5)cc4c3)cnc2n1. The van der Waals surface area contributed by atoms with Crippen molar-refractivity contribution in [2.24, 2.45) is 7.05 Å². The van der Waals surface area contributed by atoms with E-state index in [4.69, 9.17) is 0 Å². The number of nitrogens with zero attached hydrogens (tertiary/aromatic N) is 5. The number of carbonyl (C=O) groups excluding carboxylic acids is 1. The summed E-state index contributed by atoms with van der Waals surface area (Å²) in [5.41, 5.74) is 3.74. The third-order valence-corrected chi connectivity index (χ3v) is 5.52. The standard InChI is InChI=1S/C22H19F2N5O/c1-28-13-18-10-16(11-26-20(18)27-28)14-2-3-19-15(8-14)9-17(12-25-19)21(30)29-6-4-22(23,24)5-7-29/h2-3,8-13H,4-7H2,1H3. The van der Waals surface area contributed by atoms with Crippen LogP contribution in [-0.2, 0) is 7.05 Å². The zero-order valence-corrected chi connectivity index (χ0v) is 16.3. The summed E-state index contributed by atoms with van der Waals surface area (Å²) in [5, 5.41) is 6.04. The Bertz CT molecular complexity index is 1270. The molecule has 30 heavy (non-hydrogen) atoms. The van der Waals surface area contributed by atoms with Crippen molar-refractivity contribution < 1.29 is 13.6 Å². The molecule has 1 saturated heterocycles. The molecule has 0 aliphatic carbocycles. The lowest BCUT2D eigenvalue weighted by Crippen LogP contribution is -2.42. The molecule has 0 spiro atoms. The Morgan fingerprint density at radius 1 is 1.00 bits per heavy atom. The Morgan fingerprint density at radius 3 is 2.57 bits per heavy atom. The minimum Gasteiger partial charge on any atom is -0.338 e. The number of amides is 1. The van der Waals surface area contributed by atoms with E-state index in [0.717, 1.165) is 27.4 Å². The molecule has 1 aliphatic heterocycles. The number of benzene rings is 1. The first-order valence-corrected chi connectivity index (χ1v) is 9.75. The molecule has 0 atom stereocenters. The van der Waals surface area contributed by atoms with Gasteiger partial charge in [-0.2, -0.15) is 5.10 Å². The number of hydrogen-bond acceptors (Lipinski definition) is 4. The average molecular weight is 407 g/mol. The number of hydrogen-bond donors (Lipinski definition) is 0. The molecular formula is C22H19F2N5O. The summed E-state index contributed by atoms with van der Waals surface area (Å²) in [6, 6.07) is 9.61. The molecule has 5 rings (SSSR count). The van der Waals surface area contributed by atoms with Gasteiger partial charge in [0.2, 0.25) is 0 Å². The van der Waals surface area contributed by atoms with Crippen LogP contribution in [0, 0.1) is 0 Å². The quantitative estimate of drug-likeness (QED) is 0.503. The number of carbonyl (C=O) groups is 1. The molecule has 1 aromatic carbocycles. The van der Waals surface area contributed by atoms with Gasteiger partial charge in [-0.15, -0.1) is 0 Å².